The monoisotopic (exact) mass is 345 g/mol. The molecule has 1 aromatic carbocycles. The zero-order valence-corrected chi connectivity index (χ0v) is 14.5. The molecule has 0 amide bonds. The van der Waals surface area contributed by atoms with Crippen molar-refractivity contribution in [3.8, 4) is 5.75 Å². The number of fused-ring (bicyclic) bond motifs is 1. The second-order valence-electron chi connectivity index (χ2n) is 8.47. The van der Waals surface area contributed by atoms with Crippen LogP contribution in [0.25, 0.3) is 0 Å². The minimum absolute atomic E-state index is 0. The molecule has 0 spiro atoms. The molecular weight excluding hydrogens is 318 g/mol. The first kappa shape index (κ1) is 17.0. The van der Waals surface area contributed by atoms with Crippen LogP contribution in [-0.2, 0) is 16.6 Å². The topological polar surface area (TPSA) is 92.3 Å². The van der Waals surface area contributed by atoms with Gasteiger partial charge in [-0.3, -0.25) is 9.69 Å². The number of phenols is 1. The molecule has 0 unspecified atom stereocenters. The lowest BCUT2D eigenvalue weighted by atomic mass is 9.49. The van der Waals surface area contributed by atoms with Gasteiger partial charge < -0.3 is 15.7 Å². The first-order chi connectivity index (χ1) is 11.5. The van der Waals surface area contributed by atoms with Crippen LogP contribution in [0, 0.1) is 5.92 Å². The molecule has 1 saturated heterocycles. The number of likely N-dealkylation sites (tertiary alicyclic amines) is 1. The Balaban J connectivity index is 0.00000157. The third kappa shape index (κ3) is 2.29. The van der Waals surface area contributed by atoms with Gasteiger partial charge >= 0.3 is 0 Å². The fourth-order valence-corrected chi connectivity index (χ4v) is 5.74. The molecule has 25 heavy (non-hydrogen) atoms. The van der Waals surface area contributed by atoms with Crippen LogP contribution in [0.5, 0.6) is 5.75 Å². The Morgan fingerprint density at radius 2 is 2.04 bits per heavy atom. The van der Waals surface area contributed by atoms with Gasteiger partial charge in [-0.1, -0.05) is 6.07 Å². The van der Waals surface area contributed by atoms with Crippen LogP contribution >= 0.6 is 0 Å². The molecule has 2 saturated carbocycles. The number of aliphatic hydroxyl groups is 1. The van der Waals surface area contributed by atoms with E-state index in [1.165, 1.54) is 18.4 Å². The van der Waals surface area contributed by atoms with Crippen LogP contribution in [0.15, 0.2) is 18.2 Å². The van der Waals surface area contributed by atoms with Gasteiger partial charge in [-0.2, -0.15) is 0 Å². The van der Waals surface area contributed by atoms with E-state index < -0.39 is 11.0 Å². The number of nitrogens with zero attached hydrogens (tertiary/aromatic N) is 1. The average molecular weight is 345 g/mol. The van der Waals surface area contributed by atoms with Crippen molar-refractivity contribution in [2.75, 3.05) is 13.1 Å². The lowest BCUT2D eigenvalue weighted by Gasteiger charge is -2.63. The summed E-state index contributed by atoms with van der Waals surface area (Å²) in [5.74, 6) is 1.29. The van der Waals surface area contributed by atoms with Gasteiger partial charge in [0, 0.05) is 30.8 Å². The maximum Gasteiger partial charge on any atom is 0.134 e. The summed E-state index contributed by atoms with van der Waals surface area (Å²) in [7, 11) is 0. The summed E-state index contributed by atoms with van der Waals surface area (Å²) in [6, 6.07) is 5.66. The SMILES string of the molecule is O.O=C1CC[C@@]2(O)[C@@H]3Cc4ccc(O)cc4[C@]2(CCN3CC2CC2)C1. The summed E-state index contributed by atoms with van der Waals surface area (Å²) >= 11 is 0. The average Bonchev–Trinajstić information content (AvgIpc) is 3.36. The summed E-state index contributed by atoms with van der Waals surface area (Å²) in [5, 5.41) is 21.9. The van der Waals surface area contributed by atoms with E-state index >= 15 is 0 Å². The highest BCUT2D eigenvalue weighted by Crippen LogP contribution is 2.58. The van der Waals surface area contributed by atoms with E-state index in [1.807, 2.05) is 12.1 Å². The number of Topliss-reactive ketones (excluding diaryl/α,β-unsaturated/α-hetero) is 1. The van der Waals surface area contributed by atoms with Crippen LogP contribution in [0.3, 0.4) is 0 Å². The minimum Gasteiger partial charge on any atom is -0.508 e. The van der Waals surface area contributed by atoms with E-state index in [2.05, 4.69) is 4.90 Å². The molecule has 0 radical (unpaired) electrons. The highest BCUT2D eigenvalue weighted by atomic mass is 16.3. The molecule has 0 aromatic heterocycles. The van der Waals surface area contributed by atoms with Gasteiger partial charge in [-0.05, 0) is 67.8 Å². The van der Waals surface area contributed by atoms with Gasteiger partial charge in [0.05, 0.1) is 5.60 Å². The largest absolute Gasteiger partial charge is 0.508 e. The van der Waals surface area contributed by atoms with Crippen LogP contribution in [0.4, 0.5) is 0 Å². The third-order valence-electron chi connectivity index (χ3n) is 7.14. The third-order valence-corrected chi connectivity index (χ3v) is 7.14. The number of rotatable bonds is 2. The standard InChI is InChI=1S/C20H25NO3.H2O/c22-15-4-3-14-9-18-20(24)6-5-16(23)11-19(20,17(14)10-15)7-8-21(18)12-13-1-2-13;/h3-4,10,13,18,22,24H,1-2,5-9,11-12H2;1H2/t18-,19-,20+;/m0./s1. The molecule has 1 aromatic rings. The van der Waals surface area contributed by atoms with Crippen LogP contribution in [0.1, 0.15) is 49.7 Å². The molecule has 1 aliphatic heterocycles. The Labute approximate surface area is 148 Å². The van der Waals surface area contributed by atoms with Crippen molar-refractivity contribution in [2.24, 2.45) is 5.92 Å². The summed E-state index contributed by atoms with van der Waals surface area (Å²) in [5.41, 5.74) is 0.895. The van der Waals surface area contributed by atoms with Crippen molar-refractivity contribution in [1.82, 2.24) is 4.90 Å². The Morgan fingerprint density at radius 3 is 2.80 bits per heavy atom. The van der Waals surface area contributed by atoms with Crippen molar-refractivity contribution in [3.63, 3.8) is 0 Å². The van der Waals surface area contributed by atoms with Crippen molar-refractivity contribution in [2.45, 2.75) is 62.0 Å². The van der Waals surface area contributed by atoms with Gasteiger partial charge in [0.25, 0.3) is 0 Å². The number of ketones is 1. The summed E-state index contributed by atoms with van der Waals surface area (Å²) < 4.78 is 0. The quantitative estimate of drug-likeness (QED) is 0.846. The molecular formula is C20H27NO4. The van der Waals surface area contributed by atoms with Crippen molar-refractivity contribution in [1.29, 1.82) is 0 Å². The van der Waals surface area contributed by atoms with E-state index in [4.69, 9.17) is 0 Å². The molecule has 1 heterocycles. The number of hydrogen-bond donors (Lipinski definition) is 2. The van der Waals surface area contributed by atoms with Crippen molar-refractivity contribution >= 4 is 5.78 Å². The second kappa shape index (κ2) is 5.53. The lowest BCUT2D eigenvalue weighted by Crippen LogP contribution is -2.73. The predicted molar refractivity (Wildman–Crippen MR) is 93.6 cm³/mol. The van der Waals surface area contributed by atoms with E-state index in [1.54, 1.807) is 6.07 Å². The lowest BCUT2D eigenvalue weighted by molar-refractivity contribution is -0.173. The van der Waals surface area contributed by atoms with Crippen molar-refractivity contribution in [3.05, 3.63) is 29.3 Å². The van der Waals surface area contributed by atoms with Gasteiger partial charge in [-0.25, -0.2) is 0 Å². The number of carbonyl (C=O) groups is 1. The maximum absolute atomic E-state index is 12.3. The fourth-order valence-electron chi connectivity index (χ4n) is 5.74. The molecule has 5 nitrogen and oxygen atoms in total. The molecule has 3 fully saturated rings. The summed E-state index contributed by atoms with van der Waals surface area (Å²) in [6.45, 7) is 2.04. The van der Waals surface area contributed by atoms with Crippen LogP contribution in [0.2, 0.25) is 0 Å². The highest BCUT2D eigenvalue weighted by molar-refractivity contribution is 5.82. The molecule has 4 aliphatic rings. The molecule has 3 atom stereocenters. The van der Waals surface area contributed by atoms with Gasteiger partial charge in [0.2, 0.25) is 0 Å². The Kier molecular flexibility index (Phi) is 3.76. The molecule has 2 bridgehead atoms. The molecule has 5 rings (SSSR count). The van der Waals surface area contributed by atoms with Crippen molar-refractivity contribution < 1.29 is 20.5 Å². The van der Waals surface area contributed by atoms with Gasteiger partial charge in [0.15, 0.2) is 0 Å². The number of benzene rings is 1. The molecule has 5 heteroatoms. The smallest absolute Gasteiger partial charge is 0.134 e. The van der Waals surface area contributed by atoms with E-state index in [0.29, 0.717) is 19.3 Å². The summed E-state index contributed by atoms with van der Waals surface area (Å²) in [6.07, 6.45) is 5.75. The number of hydrogen-bond acceptors (Lipinski definition) is 4. The minimum atomic E-state index is -0.838. The van der Waals surface area contributed by atoms with E-state index in [-0.39, 0.29) is 23.1 Å². The Morgan fingerprint density at radius 1 is 1.24 bits per heavy atom. The van der Waals surface area contributed by atoms with Gasteiger partial charge in [0.1, 0.15) is 11.5 Å². The Hall–Kier alpha value is -1.43. The fraction of sp³-hybridized carbons (Fsp3) is 0.650. The maximum atomic E-state index is 12.3. The van der Waals surface area contributed by atoms with Crippen LogP contribution < -0.4 is 0 Å². The highest BCUT2D eigenvalue weighted by Gasteiger charge is 2.64. The first-order valence-electron chi connectivity index (χ1n) is 9.32. The molecule has 136 valence electrons. The number of carbonyl (C=O) groups excluding carboxylic acids is 1. The summed E-state index contributed by atoms with van der Waals surface area (Å²) in [4.78, 5) is 14.8. The number of piperidine rings is 1. The van der Waals surface area contributed by atoms with Gasteiger partial charge in [-0.15, -0.1) is 0 Å². The van der Waals surface area contributed by atoms with E-state index in [9.17, 15) is 15.0 Å². The second-order valence-corrected chi connectivity index (χ2v) is 8.47. The Bertz CT molecular complexity index is 716. The zero-order chi connectivity index (χ0) is 16.5. The molecule has 4 N–H and O–H groups in total. The van der Waals surface area contributed by atoms with Crippen LogP contribution in [-0.4, -0.2) is 51.1 Å². The van der Waals surface area contributed by atoms with E-state index in [0.717, 1.165) is 37.4 Å². The number of phenolic OH excluding ortho intramolecular Hbond substituents is 1. The predicted octanol–water partition coefficient (Wildman–Crippen LogP) is 1.33. The number of aromatic hydroxyl groups is 1. The normalized spacial score (nSPS) is 37.0. The first-order valence-corrected chi connectivity index (χ1v) is 9.32. The zero-order valence-electron chi connectivity index (χ0n) is 14.5. The molecule has 3 aliphatic carbocycles.